The minimum absolute atomic E-state index is 0.0192. The first-order chi connectivity index (χ1) is 17.9. The van der Waals surface area contributed by atoms with Crippen molar-refractivity contribution >= 4 is 40.0 Å². The van der Waals surface area contributed by atoms with Crippen LogP contribution in [0, 0.1) is 23.2 Å². The molecule has 0 unspecified atom stereocenters. The number of methoxy groups -OCH3 is 1. The molecule has 1 heterocycles. The molecule has 0 spiro atoms. The Balaban J connectivity index is 1.29. The highest BCUT2D eigenvalue weighted by Crippen LogP contribution is 2.38. The number of carbonyl (C=O) groups is 3. The third-order valence-electron chi connectivity index (χ3n) is 7.44. The summed E-state index contributed by atoms with van der Waals surface area (Å²) in [4.78, 5) is 42.3. The Morgan fingerprint density at radius 3 is 2.76 bits per heavy atom. The van der Waals surface area contributed by atoms with Gasteiger partial charge in [0.05, 0.1) is 18.9 Å². The van der Waals surface area contributed by atoms with Gasteiger partial charge in [-0.2, -0.15) is 5.26 Å². The van der Waals surface area contributed by atoms with Gasteiger partial charge in [0.2, 0.25) is 5.91 Å². The SMILES string of the molecule is COc1cccc2[nH]c(C(=O)C[C@@H](CC3CC3)C(=O)N[C@H](C#N)C[C@H]3C(=O)Cc4ccc(Cl)cc43)cc12. The van der Waals surface area contributed by atoms with Crippen LogP contribution in [0.2, 0.25) is 5.02 Å². The van der Waals surface area contributed by atoms with Crippen LogP contribution in [0.1, 0.15) is 59.6 Å². The molecule has 37 heavy (non-hydrogen) atoms. The monoisotopic (exact) mass is 517 g/mol. The number of carbonyl (C=O) groups excluding carboxylic acids is 3. The second kappa shape index (κ2) is 10.4. The van der Waals surface area contributed by atoms with Crippen LogP contribution in [0.5, 0.6) is 5.75 Å². The molecule has 0 radical (unpaired) electrons. The van der Waals surface area contributed by atoms with E-state index in [1.54, 1.807) is 25.3 Å². The zero-order valence-electron chi connectivity index (χ0n) is 20.6. The summed E-state index contributed by atoms with van der Waals surface area (Å²) in [5.74, 6) is -0.419. The number of nitrogens with zero attached hydrogens (tertiary/aromatic N) is 1. The number of halogens is 1. The van der Waals surface area contributed by atoms with Gasteiger partial charge in [0.25, 0.3) is 0 Å². The molecule has 1 fully saturated rings. The van der Waals surface area contributed by atoms with Gasteiger partial charge in [-0.25, -0.2) is 0 Å². The van der Waals surface area contributed by atoms with Crippen molar-refractivity contribution in [3.05, 3.63) is 64.3 Å². The highest BCUT2D eigenvalue weighted by molar-refractivity contribution is 6.30. The van der Waals surface area contributed by atoms with Crippen LogP contribution in [0.3, 0.4) is 0 Å². The second-order valence-corrected chi connectivity index (χ2v) is 10.5. The van der Waals surface area contributed by atoms with Gasteiger partial charge in [-0.15, -0.1) is 0 Å². The molecule has 0 saturated heterocycles. The van der Waals surface area contributed by atoms with E-state index < -0.39 is 17.9 Å². The van der Waals surface area contributed by atoms with E-state index in [0.717, 1.165) is 34.9 Å². The molecule has 0 aliphatic heterocycles. The van der Waals surface area contributed by atoms with Crippen LogP contribution in [0.25, 0.3) is 10.9 Å². The normalized spacial score (nSPS) is 18.2. The average Bonchev–Trinajstić information content (AvgIpc) is 3.51. The zero-order valence-corrected chi connectivity index (χ0v) is 21.3. The molecular weight excluding hydrogens is 490 g/mol. The number of benzene rings is 2. The lowest BCUT2D eigenvalue weighted by Gasteiger charge is -2.20. The summed E-state index contributed by atoms with van der Waals surface area (Å²) in [6.45, 7) is 0. The molecule has 7 nitrogen and oxygen atoms in total. The van der Waals surface area contributed by atoms with Gasteiger partial charge >= 0.3 is 0 Å². The van der Waals surface area contributed by atoms with E-state index in [1.165, 1.54) is 0 Å². The summed E-state index contributed by atoms with van der Waals surface area (Å²) in [5.41, 5.74) is 2.95. The van der Waals surface area contributed by atoms with Gasteiger partial charge in [-0.05, 0) is 60.2 Å². The summed E-state index contributed by atoms with van der Waals surface area (Å²) in [5, 5.41) is 14.0. The molecule has 1 aromatic heterocycles. The number of H-pyrrole nitrogens is 1. The summed E-state index contributed by atoms with van der Waals surface area (Å²) >= 11 is 6.14. The molecule has 8 heteroatoms. The van der Waals surface area contributed by atoms with E-state index >= 15 is 0 Å². The number of hydrogen-bond donors (Lipinski definition) is 2. The standard InChI is InChI=1S/C29H28ClN3O4/c1-37-28-4-2-3-24-23(28)14-25(33-24)27(35)11-18(9-16-5-6-16)29(36)32-20(15-31)13-22-21-12-19(30)8-7-17(21)10-26(22)34/h2-4,7-8,12,14,16,18,20,22,33H,5-6,9-11,13H2,1H3,(H,32,36)/t18-,20+,22-/m1/s1. The number of nitrogens with one attached hydrogen (secondary N) is 2. The summed E-state index contributed by atoms with van der Waals surface area (Å²) in [7, 11) is 1.58. The number of aromatic amines is 1. The van der Waals surface area contributed by atoms with E-state index in [1.807, 2.05) is 24.3 Å². The zero-order chi connectivity index (χ0) is 26.1. The van der Waals surface area contributed by atoms with Crippen molar-refractivity contribution in [3.63, 3.8) is 0 Å². The number of amides is 1. The van der Waals surface area contributed by atoms with Crippen molar-refractivity contribution in [1.29, 1.82) is 5.26 Å². The predicted molar refractivity (Wildman–Crippen MR) is 140 cm³/mol. The van der Waals surface area contributed by atoms with Gasteiger partial charge in [0, 0.05) is 40.6 Å². The van der Waals surface area contributed by atoms with Crippen molar-refractivity contribution in [3.8, 4) is 11.8 Å². The van der Waals surface area contributed by atoms with Gasteiger partial charge in [0.1, 0.15) is 17.6 Å². The highest BCUT2D eigenvalue weighted by Gasteiger charge is 2.35. The van der Waals surface area contributed by atoms with Crippen LogP contribution in [0.4, 0.5) is 0 Å². The number of ether oxygens (including phenoxy) is 1. The maximum atomic E-state index is 13.3. The molecule has 2 aliphatic rings. The minimum atomic E-state index is -0.847. The third kappa shape index (κ3) is 5.40. The molecule has 3 aromatic rings. The largest absolute Gasteiger partial charge is 0.496 e. The van der Waals surface area contributed by atoms with Crippen LogP contribution < -0.4 is 10.1 Å². The van der Waals surface area contributed by atoms with E-state index in [4.69, 9.17) is 16.3 Å². The first-order valence-electron chi connectivity index (χ1n) is 12.6. The van der Waals surface area contributed by atoms with Gasteiger partial charge in [-0.3, -0.25) is 14.4 Å². The maximum Gasteiger partial charge on any atom is 0.224 e. The molecule has 2 aliphatic carbocycles. The average molecular weight is 518 g/mol. The molecule has 0 bridgehead atoms. The first-order valence-corrected chi connectivity index (χ1v) is 12.9. The highest BCUT2D eigenvalue weighted by atomic mass is 35.5. The van der Waals surface area contributed by atoms with E-state index in [2.05, 4.69) is 16.4 Å². The first kappa shape index (κ1) is 25.0. The van der Waals surface area contributed by atoms with E-state index in [-0.39, 0.29) is 30.3 Å². The lowest BCUT2D eigenvalue weighted by atomic mass is 9.91. The summed E-state index contributed by atoms with van der Waals surface area (Å²) < 4.78 is 5.39. The predicted octanol–water partition coefficient (Wildman–Crippen LogP) is 5.13. The Bertz CT molecular complexity index is 1420. The van der Waals surface area contributed by atoms with E-state index in [9.17, 15) is 19.6 Å². The molecule has 1 amide bonds. The van der Waals surface area contributed by atoms with Crippen LogP contribution >= 0.6 is 11.6 Å². The van der Waals surface area contributed by atoms with Crippen molar-refractivity contribution in [1.82, 2.24) is 10.3 Å². The fraction of sp³-hybridized carbons (Fsp3) is 0.379. The van der Waals surface area contributed by atoms with Crippen LogP contribution in [-0.2, 0) is 16.0 Å². The smallest absolute Gasteiger partial charge is 0.224 e. The fourth-order valence-electron chi connectivity index (χ4n) is 5.29. The molecule has 190 valence electrons. The number of aromatic nitrogens is 1. The number of nitriles is 1. The number of Topliss-reactive ketones (excluding diaryl/α,β-unsaturated/α-hetero) is 2. The van der Waals surface area contributed by atoms with Crippen molar-refractivity contribution < 1.29 is 19.1 Å². The molecule has 2 N–H and O–H groups in total. The van der Waals surface area contributed by atoms with Crippen LogP contribution in [-0.4, -0.2) is 35.6 Å². The lowest BCUT2D eigenvalue weighted by Crippen LogP contribution is -2.40. The van der Waals surface area contributed by atoms with Gasteiger partial charge in [0.15, 0.2) is 5.78 Å². The second-order valence-electron chi connectivity index (χ2n) is 10.1. The van der Waals surface area contributed by atoms with E-state index in [0.29, 0.717) is 35.2 Å². The Hall–Kier alpha value is -3.63. The molecule has 5 rings (SSSR count). The maximum absolute atomic E-state index is 13.3. The number of hydrogen-bond acceptors (Lipinski definition) is 5. The molecule has 3 atom stereocenters. The lowest BCUT2D eigenvalue weighted by molar-refractivity contribution is -0.126. The Kier molecular flexibility index (Phi) is 7.03. The quantitative estimate of drug-likeness (QED) is 0.362. The number of rotatable bonds is 10. The summed E-state index contributed by atoms with van der Waals surface area (Å²) in [6.07, 6.45) is 3.20. The number of fused-ring (bicyclic) bond motifs is 2. The molecule has 1 saturated carbocycles. The van der Waals surface area contributed by atoms with Gasteiger partial charge in [-0.1, -0.05) is 36.6 Å². The van der Waals surface area contributed by atoms with Crippen LogP contribution in [0.15, 0.2) is 42.5 Å². The minimum Gasteiger partial charge on any atom is -0.496 e. The number of ketones is 2. The van der Waals surface area contributed by atoms with Crippen molar-refractivity contribution in [2.75, 3.05) is 7.11 Å². The Morgan fingerprint density at radius 1 is 1.22 bits per heavy atom. The molecular formula is C29H28ClN3O4. The van der Waals surface area contributed by atoms with Gasteiger partial charge < -0.3 is 15.0 Å². The van der Waals surface area contributed by atoms with Crippen molar-refractivity contribution in [2.45, 2.75) is 50.5 Å². The van der Waals surface area contributed by atoms with Crippen molar-refractivity contribution in [2.24, 2.45) is 11.8 Å². The Labute approximate surface area is 220 Å². The topological polar surface area (TPSA) is 112 Å². The molecule has 2 aromatic carbocycles. The summed E-state index contributed by atoms with van der Waals surface area (Å²) in [6, 6.07) is 14.0. The fourth-order valence-corrected chi connectivity index (χ4v) is 5.47. The third-order valence-corrected chi connectivity index (χ3v) is 7.68. The Morgan fingerprint density at radius 2 is 2.03 bits per heavy atom.